The molecule has 0 heterocycles. The summed E-state index contributed by atoms with van der Waals surface area (Å²) in [5.74, 6) is -0.234. The van der Waals surface area contributed by atoms with E-state index in [0.29, 0.717) is 17.6 Å². The summed E-state index contributed by atoms with van der Waals surface area (Å²) >= 11 is 6.34. The van der Waals surface area contributed by atoms with Crippen LogP contribution >= 0.6 is 31.9 Å². The summed E-state index contributed by atoms with van der Waals surface area (Å²) < 4.78 is 14.4. The van der Waals surface area contributed by atoms with Gasteiger partial charge < -0.3 is 5.32 Å². The fourth-order valence-electron chi connectivity index (χ4n) is 0.992. The smallest absolute Gasteiger partial charge is 0.137 e. The molecule has 0 saturated heterocycles. The van der Waals surface area contributed by atoms with Gasteiger partial charge in [0.25, 0.3) is 0 Å². The molecule has 1 aromatic carbocycles. The molecule has 1 nitrogen and oxygen atoms in total. The molecule has 0 aliphatic rings. The summed E-state index contributed by atoms with van der Waals surface area (Å²) in [5, 5.41) is 3.12. The van der Waals surface area contributed by atoms with E-state index < -0.39 is 0 Å². The molecule has 0 aliphatic carbocycles. The van der Waals surface area contributed by atoms with E-state index in [0.717, 1.165) is 10.0 Å². The van der Waals surface area contributed by atoms with Crippen molar-refractivity contribution in [3.05, 3.63) is 45.1 Å². The van der Waals surface area contributed by atoms with Crippen molar-refractivity contribution in [3.63, 3.8) is 0 Å². The van der Waals surface area contributed by atoms with Gasteiger partial charge in [-0.05, 0) is 33.6 Å². The van der Waals surface area contributed by atoms with E-state index in [9.17, 15) is 4.39 Å². The quantitative estimate of drug-likeness (QED) is 0.893. The first-order valence-electron chi connectivity index (χ1n) is 4.07. The minimum Gasteiger partial charge on any atom is -0.308 e. The maximum Gasteiger partial charge on any atom is 0.137 e. The number of nitrogens with one attached hydrogen (secondary N) is 1. The highest BCUT2D eigenvalue weighted by atomic mass is 79.9. The van der Waals surface area contributed by atoms with Crippen LogP contribution in [-0.4, -0.2) is 6.54 Å². The van der Waals surface area contributed by atoms with Crippen LogP contribution < -0.4 is 5.32 Å². The first-order valence-corrected chi connectivity index (χ1v) is 5.66. The highest BCUT2D eigenvalue weighted by molar-refractivity contribution is 9.11. The Labute approximate surface area is 99.7 Å². The van der Waals surface area contributed by atoms with Crippen LogP contribution in [0.15, 0.2) is 33.7 Å². The first-order chi connectivity index (χ1) is 6.59. The Morgan fingerprint density at radius 3 is 2.79 bits per heavy atom. The maximum atomic E-state index is 13.1. The zero-order valence-electron chi connectivity index (χ0n) is 7.49. The SMILES string of the molecule is C=C(Br)CNCc1ccc(Br)c(F)c1. The predicted octanol–water partition coefficient (Wildman–Crippen LogP) is 3.59. The monoisotopic (exact) mass is 321 g/mol. The van der Waals surface area contributed by atoms with Crippen LogP contribution in [0.3, 0.4) is 0 Å². The molecule has 0 aliphatic heterocycles. The summed E-state index contributed by atoms with van der Waals surface area (Å²) in [7, 11) is 0. The normalized spacial score (nSPS) is 10.2. The van der Waals surface area contributed by atoms with Gasteiger partial charge in [-0.3, -0.25) is 0 Å². The lowest BCUT2D eigenvalue weighted by Crippen LogP contribution is -2.14. The third kappa shape index (κ3) is 3.90. The summed E-state index contributed by atoms with van der Waals surface area (Å²) in [4.78, 5) is 0. The molecule has 1 aromatic rings. The lowest BCUT2D eigenvalue weighted by molar-refractivity contribution is 0.616. The molecule has 0 radical (unpaired) electrons. The molecule has 4 heteroatoms. The molecule has 0 aromatic heterocycles. The zero-order valence-corrected chi connectivity index (χ0v) is 10.7. The van der Waals surface area contributed by atoms with Gasteiger partial charge in [0, 0.05) is 17.6 Å². The summed E-state index contributed by atoms with van der Waals surface area (Å²) in [6.07, 6.45) is 0. The van der Waals surface area contributed by atoms with Gasteiger partial charge in [0.05, 0.1) is 4.47 Å². The maximum absolute atomic E-state index is 13.1. The second-order valence-corrected chi connectivity index (χ2v) is 4.85. The molecule has 0 unspecified atom stereocenters. The van der Waals surface area contributed by atoms with Crippen molar-refractivity contribution in [2.75, 3.05) is 6.54 Å². The number of benzene rings is 1. The lowest BCUT2D eigenvalue weighted by Gasteiger charge is -2.04. The van der Waals surface area contributed by atoms with E-state index in [2.05, 4.69) is 43.8 Å². The topological polar surface area (TPSA) is 12.0 Å². The van der Waals surface area contributed by atoms with E-state index in [4.69, 9.17) is 0 Å². The highest BCUT2D eigenvalue weighted by Crippen LogP contribution is 2.16. The molecule has 0 spiro atoms. The Hall–Kier alpha value is -0.190. The van der Waals surface area contributed by atoms with Crippen LogP contribution in [0, 0.1) is 5.82 Å². The average molecular weight is 323 g/mol. The molecule has 1 N–H and O–H groups in total. The molecular formula is C10H10Br2FN. The molecule has 1 rings (SSSR count). The predicted molar refractivity (Wildman–Crippen MR) is 63.9 cm³/mol. The minimum absolute atomic E-state index is 0.234. The van der Waals surface area contributed by atoms with Gasteiger partial charge in [0.1, 0.15) is 5.82 Å². The number of hydrogen-bond acceptors (Lipinski definition) is 1. The van der Waals surface area contributed by atoms with Crippen molar-refractivity contribution < 1.29 is 4.39 Å². The van der Waals surface area contributed by atoms with E-state index in [1.54, 1.807) is 6.07 Å². The number of hydrogen-bond donors (Lipinski definition) is 1. The van der Waals surface area contributed by atoms with E-state index >= 15 is 0 Å². The fourth-order valence-corrected chi connectivity index (χ4v) is 1.44. The van der Waals surface area contributed by atoms with Crippen LogP contribution in [-0.2, 0) is 6.54 Å². The van der Waals surface area contributed by atoms with E-state index in [1.807, 2.05) is 6.07 Å². The Balaban J connectivity index is 2.51. The van der Waals surface area contributed by atoms with Crippen molar-refractivity contribution in [1.82, 2.24) is 5.32 Å². The Bertz CT molecular complexity index is 339. The zero-order chi connectivity index (χ0) is 10.6. The minimum atomic E-state index is -0.234. The third-order valence-corrected chi connectivity index (χ3v) is 2.55. The van der Waals surface area contributed by atoms with Gasteiger partial charge in [0.15, 0.2) is 0 Å². The molecule has 0 fully saturated rings. The summed E-state index contributed by atoms with van der Waals surface area (Å²) in [5.41, 5.74) is 0.916. The molecule has 14 heavy (non-hydrogen) atoms. The Kier molecular flexibility index (Phi) is 4.78. The lowest BCUT2D eigenvalue weighted by atomic mass is 10.2. The fraction of sp³-hybridized carbons (Fsp3) is 0.200. The van der Waals surface area contributed by atoms with Gasteiger partial charge >= 0.3 is 0 Å². The average Bonchev–Trinajstić information content (AvgIpc) is 2.10. The Morgan fingerprint density at radius 1 is 1.50 bits per heavy atom. The summed E-state index contributed by atoms with van der Waals surface area (Å²) in [6.45, 7) is 5.00. The number of halogens is 3. The van der Waals surface area contributed by atoms with E-state index in [1.165, 1.54) is 6.07 Å². The van der Waals surface area contributed by atoms with Gasteiger partial charge in [-0.15, -0.1) is 0 Å². The highest BCUT2D eigenvalue weighted by Gasteiger charge is 1.99. The summed E-state index contributed by atoms with van der Waals surface area (Å²) in [6, 6.07) is 5.08. The van der Waals surface area contributed by atoms with Crippen molar-refractivity contribution in [1.29, 1.82) is 0 Å². The molecule has 0 atom stereocenters. The van der Waals surface area contributed by atoms with Gasteiger partial charge in [-0.2, -0.15) is 0 Å². The van der Waals surface area contributed by atoms with Crippen LogP contribution in [0.4, 0.5) is 4.39 Å². The number of rotatable bonds is 4. The second-order valence-electron chi connectivity index (χ2n) is 2.87. The van der Waals surface area contributed by atoms with Gasteiger partial charge in [-0.1, -0.05) is 28.6 Å². The van der Waals surface area contributed by atoms with Crippen molar-refractivity contribution in [2.24, 2.45) is 0 Å². The molecular weight excluding hydrogens is 313 g/mol. The van der Waals surface area contributed by atoms with E-state index in [-0.39, 0.29) is 5.82 Å². The van der Waals surface area contributed by atoms with Gasteiger partial charge in [-0.25, -0.2) is 4.39 Å². The molecule has 0 amide bonds. The van der Waals surface area contributed by atoms with Crippen molar-refractivity contribution >= 4 is 31.9 Å². The third-order valence-electron chi connectivity index (χ3n) is 1.63. The van der Waals surface area contributed by atoms with Crippen LogP contribution in [0.2, 0.25) is 0 Å². The first kappa shape index (κ1) is 11.9. The van der Waals surface area contributed by atoms with Gasteiger partial charge in [0.2, 0.25) is 0 Å². The van der Waals surface area contributed by atoms with Crippen molar-refractivity contribution in [2.45, 2.75) is 6.54 Å². The molecule has 76 valence electrons. The molecule has 0 bridgehead atoms. The standard InChI is InChI=1S/C10H10Br2FN/c1-7(11)5-14-6-8-2-3-9(12)10(13)4-8/h2-4,14H,1,5-6H2. The van der Waals surface area contributed by atoms with Crippen LogP contribution in [0.25, 0.3) is 0 Å². The molecule has 0 saturated carbocycles. The van der Waals surface area contributed by atoms with Crippen molar-refractivity contribution in [3.8, 4) is 0 Å². The van der Waals surface area contributed by atoms with Crippen LogP contribution in [0.5, 0.6) is 0 Å². The second kappa shape index (κ2) is 5.63. The Morgan fingerprint density at radius 2 is 2.21 bits per heavy atom. The van der Waals surface area contributed by atoms with Crippen LogP contribution in [0.1, 0.15) is 5.56 Å². The largest absolute Gasteiger partial charge is 0.308 e.